The monoisotopic (exact) mass is 289 g/mol. The molecule has 1 fully saturated rings. The van der Waals surface area contributed by atoms with Crippen LogP contribution in [0.2, 0.25) is 0 Å². The molecular weight excluding hydrogens is 262 g/mol. The van der Waals surface area contributed by atoms with Gasteiger partial charge in [-0.15, -0.1) is 0 Å². The van der Waals surface area contributed by atoms with E-state index < -0.39 is 0 Å². The Labute approximate surface area is 128 Å². The largest absolute Gasteiger partial charge is 0.379 e. The van der Waals surface area contributed by atoms with Gasteiger partial charge in [-0.3, -0.25) is 9.69 Å². The van der Waals surface area contributed by atoms with E-state index in [0.717, 1.165) is 37.4 Å². The van der Waals surface area contributed by atoms with Crippen LogP contribution in [-0.2, 0) is 4.74 Å². The molecule has 1 aromatic rings. The topological polar surface area (TPSA) is 29.5 Å². The van der Waals surface area contributed by atoms with Crippen LogP contribution in [0.3, 0.4) is 0 Å². The molecule has 1 heterocycles. The molecule has 0 aliphatic carbocycles. The maximum absolute atomic E-state index is 12.7. The first kappa shape index (κ1) is 16.2. The minimum Gasteiger partial charge on any atom is -0.379 e. The number of nitrogens with zero attached hydrogens (tertiary/aromatic N) is 1. The fourth-order valence-electron chi connectivity index (χ4n) is 2.73. The van der Waals surface area contributed by atoms with Crippen LogP contribution in [0.25, 0.3) is 0 Å². The second-order valence-corrected chi connectivity index (χ2v) is 6.47. The molecule has 21 heavy (non-hydrogen) atoms. The number of carbonyl (C=O) groups excluding carboxylic acids is 1. The quantitative estimate of drug-likeness (QED) is 0.778. The molecular formula is C18H27NO2. The minimum absolute atomic E-state index is 0.239. The third kappa shape index (κ3) is 4.14. The van der Waals surface area contributed by atoms with Gasteiger partial charge in [-0.1, -0.05) is 39.8 Å². The zero-order valence-electron chi connectivity index (χ0n) is 13.7. The third-order valence-corrected chi connectivity index (χ3v) is 4.14. The molecule has 1 aliphatic rings. The predicted molar refractivity (Wildman–Crippen MR) is 86.2 cm³/mol. The van der Waals surface area contributed by atoms with Crippen LogP contribution in [0.1, 0.15) is 61.0 Å². The molecule has 0 unspecified atom stereocenters. The summed E-state index contributed by atoms with van der Waals surface area (Å²) in [6, 6.07) is 6.39. The molecule has 3 heteroatoms. The smallest absolute Gasteiger partial charge is 0.177 e. The van der Waals surface area contributed by atoms with Crippen LogP contribution in [0.5, 0.6) is 0 Å². The molecule has 1 saturated heterocycles. The molecule has 2 rings (SSSR count). The van der Waals surface area contributed by atoms with Gasteiger partial charge in [0.25, 0.3) is 0 Å². The van der Waals surface area contributed by atoms with Gasteiger partial charge in [0.1, 0.15) is 0 Å². The number of ether oxygens (including phenoxy) is 1. The summed E-state index contributed by atoms with van der Waals surface area (Å²) in [7, 11) is 0. The maximum Gasteiger partial charge on any atom is 0.177 e. The maximum atomic E-state index is 12.7. The van der Waals surface area contributed by atoms with Crippen LogP contribution >= 0.6 is 0 Å². The summed E-state index contributed by atoms with van der Waals surface area (Å²) < 4.78 is 5.35. The van der Waals surface area contributed by atoms with Crippen molar-refractivity contribution in [1.82, 2.24) is 4.90 Å². The van der Waals surface area contributed by atoms with Crippen molar-refractivity contribution < 1.29 is 9.53 Å². The molecule has 0 radical (unpaired) electrons. The predicted octanol–water partition coefficient (Wildman–Crippen LogP) is 3.45. The summed E-state index contributed by atoms with van der Waals surface area (Å²) in [5.41, 5.74) is 3.31. The van der Waals surface area contributed by atoms with Crippen molar-refractivity contribution in [2.45, 2.75) is 39.5 Å². The number of benzene rings is 1. The van der Waals surface area contributed by atoms with Gasteiger partial charge in [0.15, 0.2) is 5.78 Å². The highest BCUT2D eigenvalue weighted by Gasteiger charge is 2.19. The molecule has 116 valence electrons. The highest BCUT2D eigenvalue weighted by Crippen LogP contribution is 2.25. The fraction of sp³-hybridized carbons (Fsp3) is 0.611. The van der Waals surface area contributed by atoms with Gasteiger partial charge in [0.2, 0.25) is 0 Å². The van der Waals surface area contributed by atoms with Crippen molar-refractivity contribution in [2.24, 2.45) is 0 Å². The lowest BCUT2D eigenvalue weighted by atomic mass is 9.90. The van der Waals surface area contributed by atoms with E-state index in [4.69, 9.17) is 4.74 Å². The molecule has 0 spiro atoms. The first-order chi connectivity index (χ1) is 9.99. The summed E-state index contributed by atoms with van der Waals surface area (Å²) >= 11 is 0. The van der Waals surface area contributed by atoms with Crippen LogP contribution in [0.4, 0.5) is 0 Å². The van der Waals surface area contributed by atoms with Gasteiger partial charge >= 0.3 is 0 Å². The highest BCUT2D eigenvalue weighted by atomic mass is 16.5. The Morgan fingerprint density at radius 2 is 1.81 bits per heavy atom. The normalized spacial score (nSPS) is 16.7. The molecule has 0 amide bonds. The summed E-state index contributed by atoms with van der Waals surface area (Å²) in [6.45, 7) is 12.3. The summed E-state index contributed by atoms with van der Waals surface area (Å²) in [5, 5.41) is 0. The average Bonchev–Trinajstić information content (AvgIpc) is 2.47. The molecule has 0 N–H and O–H groups in total. The molecule has 0 bridgehead atoms. The van der Waals surface area contributed by atoms with Crippen LogP contribution < -0.4 is 0 Å². The summed E-state index contributed by atoms with van der Waals surface area (Å²) in [4.78, 5) is 14.9. The molecule has 0 saturated carbocycles. The molecule has 0 aromatic heterocycles. The highest BCUT2D eigenvalue weighted by molar-refractivity contribution is 5.99. The lowest BCUT2D eigenvalue weighted by Gasteiger charge is -2.26. The van der Waals surface area contributed by atoms with Crippen molar-refractivity contribution in [2.75, 3.05) is 32.8 Å². The summed E-state index contributed by atoms with van der Waals surface area (Å²) in [5.74, 6) is 1.05. The van der Waals surface area contributed by atoms with E-state index in [1.165, 1.54) is 5.56 Å². The Morgan fingerprint density at radius 3 is 2.38 bits per heavy atom. The van der Waals surface area contributed by atoms with E-state index in [0.29, 0.717) is 18.4 Å². The van der Waals surface area contributed by atoms with Gasteiger partial charge in [-0.05, 0) is 29.0 Å². The Kier molecular flexibility index (Phi) is 5.54. The number of Topliss-reactive ketones (excluding diaryl/α,β-unsaturated/α-hetero) is 1. The number of hydrogen-bond acceptors (Lipinski definition) is 3. The number of rotatable bonds is 5. The van der Waals surface area contributed by atoms with Gasteiger partial charge < -0.3 is 4.74 Å². The van der Waals surface area contributed by atoms with Gasteiger partial charge in [-0.2, -0.15) is 0 Å². The van der Waals surface area contributed by atoms with Crippen molar-refractivity contribution in [3.05, 3.63) is 34.9 Å². The van der Waals surface area contributed by atoms with Crippen molar-refractivity contribution in [3.8, 4) is 0 Å². The van der Waals surface area contributed by atoms with Crippen molar-refractivity contribution in [1.29, 1.82) is 0 Å². The van der Waals surface area contributed by atoms with Crippen molar-refractivity contribution >= 4 is 5.78 Å². The van der Waals surface area contributed by atoms with E-state index in [9.17, 15) is 4.79 Å². The first-order valence-corrected chi connectivity index (χ1v) is 7.96. The van der Waals surface area contributed by atoms with Gasteiger partial charge in [0, 0.05) is 18.7 Å². The summed E-state index contributed by atoms with van der Waals surface area (Å²) in [6.07, 6.45) is 0. The van der Waals surface area contributed by atoms with Crippen LogP contribution in [0, 0.1) is 0 Å². The molecule has 1 aromatic carbocycles. The Balaban J connectivity index is 2.22. The second kappa shape index (κ2) is 7.19. The van der Waals surface area contributed by atoms with Crippen LogP contribution in [0.15, 0.2) is 18.2 Å². The average molecular weight is 289 g/mol. The van der Waals surface area contributed by atoms with E-state index >= 15 is 0 Å². The zero-order valence-corrected chi connectivity index (χ0v) is 13.7. The molecule has 3 nitrogen and oxygen atoms in total. The first-order valence-electron chi connectivity index (χ1n) is 7.96. The van der Waals surface area contributed by atoms with E-state index in [-0.39, 0.29) is 5.78 Å². The Morgan fingerprint density at radius 1 is 1.14 bits per heavy atom. The van der Waals surface area contributed by atoms with E-state index in [2.05, 4.69) is 50.8 Å². The zero-order chi connectivity index (χ0) is 15.4. The Bertz CT molecular complexity index is 488. The van der Waals surface area contributed by atoms with E-state index in [1.807, 2.05) is 0 Å². The Hall–Kier alpha value is -1.19. The van der Waals surface area contributed by atoms with Crippen molar-refractivity contribution in [3.63, 3.8) is 0 Å². The third-order valence-electron chi connectivity index (χ3n) is 4.14. The number of carbonyl (C=O) groups is 1. The van der Waals surface area contributed by atoms with Crippen LogP contribution in [-0.4, -0.2) is 43.5 Å². The van der Waals surface area contributed by atoms with E-state index in [1.54, 1.807) is 0 Å². The standard InChI is InChI=1S/C18H27NO2/c1-13(2)15-5-6-16(14(3)4)17(11-15)18(20)12-19-7-9-21-10-8-19/h5-6,11,13-14H,7-10,12H2,1-4H3. The number of morpholine rings is 1. The lowest BCUT2D eigenvalue weighted by Crippen LogP contribution is -2.39. The fourth-order valence-corrected chi connectivity index (χ4v) is 2.73. The molecule has 1 aliphatic heterocycles. The number of hydrogen-bond donors (Lipinski definition) is 0. The van der Waals surface area contributed by atoms with Gasteiger partial charge in [-0.25, -0.2) is 0 Å². The number of ketones is 1. The molecule has 0 atom stereocenters. The lowest BCUT2D eigenvalue weighted by molar-refractivity contribution is 0.0371. The SMILES string of the molecule is CC(C)c1ccc(C(C)C)c(C(=O)CN2CCOCC2)c1. The second-order valence-electron chi connectivity index (χ2n) is 6.47. The minimum atomic E-state index is 0.239. The van der Waals surface area contributed by atoms with Gasteiger partial charge in [0.05, 0.1) is 19.8 Å².